The van der Waals surface area contributed by atoms with Crippen molar-refractivity contribution in [2.75, 3.05) is 12.3 Å². The first kappa shape index (κ1) is 19.7. The summed E-state index contributed by atoms with van der Waals surface area (Å²) in [5.74, 6) is 0.174. The zero-order valence-corrected chi connectivity index (χ0v) is 17.8. The maximum atomic E-state index is 13.0. The van der Waals surface area contributed by atoms with Crippen LogP contribution in [0.2, 0.25) is 0 Å². The van der Waals surface area contributed by atoms with Crippen LogP contribution in [-0.4, -0.2) is 23.2 Å². The molecule has 3 nitrogen and oxygen atoms in total. The summed E-state index contributed by atoms with van der Waals surface area (Å²) >= 11 is 5.19. The number of H-pyrrole nitrogens is 1. The Balaban J connectivity index is 1.48. The molecular weight excluding hydrogens is 451 g/mol. The van der Waals surface area contributed by atoms with Crippen LogP contribution in [-0.2, 0) is 0 Å². The molecule has 4 rings (SSSR count). The minimum atomic E-state index is -0.350. The number of nitrogens with one attached hydrogen (secondary N) is 2. The van der Waals surface area contributed by atoms with Gasteiger partial charge in [-0.1, -0.05) is 46.3 Å². The largest absolute Gasteiger partial charge is 0.354 e. The molecule has 0 aliphatic rings. The van der Waals surface area contributed by atoms with Gasteiger partial charge < -0.3 is 10.3 Å². The number of halogens is 2. The maximum absolute atomic E-state index is 13.0. The Hall–Kier alpha value is -2.57. The lowest BCUT2D eigenvalue weighted by Crippen LogP contribution is -2.25. The van der Waals surface area contributed by atoms with Gasteiger partial charge >= 0.3 is 0 Å². The van der Waals surface area contributed by atoms with E-state index in [1.165, 1.54) is 34.5 Å². The highest BCUT2D eigenvalue weighted by atomic mass is 79.9. The lowest BCUT2D eigenvalue weighted by molar-refractivity contribution is 0.0956. The maximum Gasteiger partial charge on any atom is 0.251 e. The van der Waals surface area contributed by atoms with Crippen LogP contribution in [0.25, 0.3) is 22.2 Å². The Morgan fingerprint density at radius 1 is 1.00 bits per heavy atom. The summed E-state index contributed by atoms with van der Waals surface area (Å²) in [6.45, 7) is 0.514. The Morgan fingerprint density at radius 3 is 2.48 bits per heavy atom. The topological polar surface area (TPSA) is 44.9 Å². The van der Waals surface area contributed by atoms with Crippen molar-refractivity contribution in [3.05, 3.63) is 88.6 Å². The molecule has 0 fully saturated rings. The fourth-order valence-electron chi connectivity index (χ4n) is 3.11. The summed E-state index contributed by atoms with van der Waals surface area (Å²) in [5, 5.41) is 4.06. The van der Waals surface area contributed by atoms with Gasteiger partial charge in [-0.05, 0) is 48.0 Å². The third-order valence-corrected chi connectivity index (χ3v) is 6.18. The van der Waals surface area contributed by atoms with E-state index in [0.29, 0.717) is 12.1 Å². The highest BCUT2D eigenvalue weighted by molar-refractivity contribution is 9.10. The van der Waals surface area contributed by atoms with Crippen LogP contribution in [0.4, 0.5) is 4.39 Å². The Kier molecular flexibility index (Phi) is 6.02. The van der Waals surface area contributed by atoms with Crippen LogP contribution in [0.5, 0.6) is 0 Å². The molecule has 0 bridgehead atoms. The molecule has 0 spiro atoms. The lowest BCUT2D eigenvalue weighted by atomic mass is 10.1. The standard InChI is InChI=1S/C23H18BrFN2OS/c24-17-9-5-15(6-10-17)21-22(19-3-1-2-4-20(19)27-21)29-14-13-26-23(28)16-7-11-18(25)12-8-16/h1-12,27H,13-14H2,(H,26,28). The van der Waals surface area contributed by atoms with Crippen LogP contribution in [0.15, 0.2) is 82.2 Å². The molecule has 1 heterocycles. The number of hydrogen-bond acceptors (Lipinski definition) is 2. The quantitative estimate of drug-likeness (QED) is 0.259. The average molecular weight is 469 g/mol. The number of rotatable bonds is 6. The Bertz CT molecular complexity index is 1140. The van der Waals surface area contributed by atoms with Crippen LogP contribution in [0, 0.1) is 5.82 Å². The van der Waals surface area contributed by atoms with Crippen molar-refractivity contribution in [2.45, 2.75) is 4.90 Å². The van der Waals surface area contributed by atoms with E-state index in [-0.39, 0.29) is 11.7 Å². The molecule has 1 amide bonds. The van der Waals surface area contributed by atoms with Gasteiger partial charge in [-0.15, -0.1) is 11.8 Å². The van der Waals surface area contributed by atoms with Crippen molar-refractivity contribution < 1.29 is 9.18 Å². The van der Waals surface area contributed by atoms with E-state index < -0.39 is 0 Å². The van der Waals surface area contributed by atoms with Gasteiger partial charge in [0.15, 0.2) is 0 Å². The van der Waals surface area contributed by atoms with E-state index >= 15 is 0 Å². The molecule has 2 N–H and O–H groups in total. The van der Waals surface area contributed by atoms with Gasteiger partial charge in [-0.25, -0.2) is 4.39 Å². The van der Waals surface area contributed by atoms with Crippen LogP contribution >= 0.6 is 27.7 Å². The minimum Gasteiger partial charge on any atom is -0.354 e. The second-order valence-corrected chi connectivity index (χ2v) is 8.51. The number of carbonyl (C=O) groups is 1. The van der Waals surface area contributed by atoms with E-state index in [4.69, 9.17) is 0 Å². The lowest BCUT2D eigenvalue weighted by Gasteiger charge is -2.07. The van der Waals surface area contributed by atoms with Gasteiger partial charge in [-0.3, -0.25) is 4.79 Å². The summed E-state index contributed by atoms with van der Waals surface area (Å²) in [5.41, 5.74) is 3.73. The summed E-state index contributed by atoms with van der Waals surface area (Å²) in [6, 6.07) is 22.0. The summed E-state index contributed by atoms with van der Waals surface area (Å²) in [7, 11) is 0. The van der Waals surface area contributed by atoms with Crippen molar-refractivity contribution in [1.82, 2.24) is 10.3 Å². The zero-order valence-electron chi connectivity index (χ0n) is 15.4. The van der Waals surface area contributed by atoms with Gasteiger partial charge in [0, 0.05) is 38.1 Å². The monoisotopic (exact) mass is 468 g/mol. The van der Waals surface area contributed by atoms with E-state index in [1.807, 2.05) is 24.3 Å². The van der Waals surface area contributed by atoms with Crippen LogP contribution in [0.1, 0.15) is 10.4 Å². The molecule has 0 saturated carbocycles. The van der Waals surface area contributed by atoms with Gasteiger partial charge in [-0.2, -0.15) is 0 Å². The zero-order chi connectivity index (χ0) is 20.2. The smallest absolute Gasteiger partial charge is 0.251 e. The number of aromatic nitrogens is 1. The number of aromatic amines is 1. The molecule has 3 aromatic carbocycles. The molecule has 4 aromatic rings. The molecule has 0 unspecified atom stereocenters. The molecule has 6 heteroatoms. The minimum absolute atomic E-state index is 0.197. The predicted molar refractivity (Wildman–Crippen MR) is 121 cm³/mol. The SMILES string of the molecule is O=C(NCCSc1c(-c2ccc(Br)cc2)[nH]c2ccccc12)c1ccc(F)cc1. The van der Waals surface area contributed by atoms with Crippen LogP contribution < -0.4 is 5.32 Å². The molecule has 0 saturated heterocycles. The number of amides is 1. The van der Waals surface area contributed by atoms with E-state index in [2.05, 4.69) is 50.5 Å². The Morgan fingerprint density at radius 2 is 1.72 bits per heavy atom. The fourth-order valence-corrected chi connectivity index (χ4v) is 4.43. The number of fused-ring (bicyclic) bond motifs is 1. The molecule has 1 aromatic heterocycles. The molecular formula is C23H18BrFN2OS. The first-order valence-corrected chi connectivity index (χ1v) is 10.9. The average Bonchev–Trinajstić information content (AvgIpc) is 3.10. The first-order chi connectivity index (χ1) is 14.1. The third kappa shape index (κ3) is 4.54. The van der Waals surface area contributed by atoms with Gasteiger partial charge in [0.2, 0.25) is 0 Å². The Labute approximate surface area is 180 Å². The molecule has 0 radical (unpaired) electrons. The molecule has 0 atom stereocenters. The van der Waals surface area contributed by atoms with Crippen molar-refractivity contribution in [1.29, 1.82) is 0 Å². The number of benzene rings is 3. The normalized spacial score (nSPS) is 11.0. The van der Waals surface area contributed by atoms with Crippen molar-refractivity contribution in [2.24, 2.45) is 0 Å². The van der Waals surface area contributed by atoms with E-state index in [9.17, 15) is 9.18 Å². The van der Waals surface area contributed by atoms with E-state index in [0.717, 1.165) is 27.0 Å². The highest BCUT2D eigenvalue weighted by Crippen LogP contribution is 2.37. The summed E-state index contributed by atoms with van der Waals surface area (Å²) < 4.78 is 14.0. The number of carbonyl (C=O) groups excluding carboxylic acids is 1. The van der Waals surface area contributed by atoms with Crippen molar-refractivity contribution in [3.8, 4) is 11.3 Å². The second kappa shape index (κ2) is 8.84. The van der Waals surface area contributed by atoms with E-state index in [1.54, 1.807) is 11.8 Å². The predicted octanol–water partition coefficient (Wildman–Crippen LogP) is 6.26. The number of para-hydroxylation sites is 1. The van der Waals surface area contributed by atoms with Crippen molar-refractivity contribution >= 4 is 44.5 Å². The van der Waals surface area contributed by atoms with Gasteiger partial charge in [0.1, 0.15) is 5.82 Å². The highest BCUT2D eigenvalue weighted by Gasteiger charge is 2.14. The van der Waals surface area contributed by atoms with Gasteiger partial charge in [0.25, 0.3) is 5.91 Å². The molecule has 0 aliphatic carbocycles. The molecule has 146 valence electrons. The molecule has 29 heavy (non-hydrogen) atoms. The number of hydrogen-bond donors (Lipinski definition) is 2. The molecule has 0 aliphatic heterocycles. The summed E-state index contributed by atoms with van der Waals surface area (Å²) in [4.78, 5) is 16.9. The summed E-state index contributed by atoms with van der Waals surface area (Å²) in [6.07, 6.45) is 0. The van der Waals surface area contributed by atoms with Crippen molar-refractivity contribution in [3.63, 3.8) is 0 Å². The first-order valence-electron chi connectivity index (χ1n) is 9.15. The van der Waals surface area contributed by atoms with Gasteiger partial charge in [0.05, 0.1) is 5.69 Å². The second-order valence-electron chi connectivity index (χ2n) is 6.49. The number of thioether (sulfide) groups is 1. The fraction of sp³-hybridized carbons (Fsp3) is 0.0870. The van der Waals surface area contributed by atoms with Crippen LogP contribution in [0.3, 0.4) is 0 Å². The third-order valence-electron chi connectivity index (χ3n) is 4.53.